The second-order valence-corrected chi connectivity index (χ2v) is 10.9. The maximum Gasteiger partial charge on any atom is 0.471 e. The second-order valence-electron chi connectivity index (χ2n) is 10.9. The van der Waals surface area contributed by atoms with Crippen LogP contribution in [0.5, 0.6) is 0 Å². The lowest BCUT2D eigenvalue weighted by atomic mass is 9.65. The van der Waals surface area contributed by atoms with Crippen molar-refractivity contribution in [3.05, 3.63) is 47.9 Å². The molecule has 1 fully saturated rings. The topological polar surface area (TPSA) is 231 Å². The van der Waals surface area contributed by atoms with Crippen LogP contribution in [0.15, 0.2) is 41.7 Å². The van der Waals surface area contributed by atoms with Crippen LogP contribution in [0.1, 0.15) is 51.4 Å². The molecule has 2 unspecified atom stereocenters. The van der Waals surface area contributed by atoms with Gasteiger partial charge >= 0.3 is 12.1 Å². The summed E-state index contributed by atoms with van der Waals surface area (Å²) < 4.78 is 53.2. The molecule has 2 aliphatic rings. The third-order valence-electron chi connectivity index (χ3n) is 7.69. The quantitative estimate of drug-likeness (QED) is 0.200. The molecule has 3 heterocycles. The Morgan fingerprint density at radius 2 is 1.68 bits per heavy atom. The number of benzene rings is 1. The van der Waals surface area contributed by atoms with Crippen LogP contribution >= 0.6 is 0 Å². The summed E-state index contributed by atoms with van der Waals surface area (Å²) in [4.78, 5) is 71.0. The number of carbonyl (C=O) groups excluding carboxylic acids is 5. The van der Waals surface area contributed by atoms with E-state index in [1.807, 2.05) is 0 Å². The maximum absolute atomic E-state index is 13.6. The van der Waals surface area contributed by atoms with E-state index < -0.39 is 77.2 Å². The van der Waals surface area contributed by atoms with Crippen molar-refractivity contribution in [2.75, 3.05) is 5.32 Å². The Hall–Kier alpha value is -4.56. The number of hydrogen-bond acceptors (Lipinski definition) is 13. The predicted molar refractivity (Wildman–Crippen MR) is 151 cm³/mol. The fraction of sp³-hybridized carbons (Fsp3) is 0.464. The lowest BCUT2D eigenvalue weighted by Crippen LogP contribution is -2.82. The molecule has 7 atom stereocenters. The van der Waals surface area contributed by atoms with Gasteiger partial charge in [-0.25, -0.2) is 9.98 Å². The zero-order valence-electron chi connectivity index (χ0n) is 25.2. The number of fused-ring (bicyclic) bond motifs is 1. The van der Waals surface area contributed by atoms with Gasteiger partial charge in [0.15, 0.2) is 41.0 Å². The van der Waals surface area contributed by atoms with Gasteiger partial charge in [0.2, 0.25) is 11.9 Å². The van der Waals surface area contributed by atoms with Crippen LogP contribution < -0.4 is 16.0 Å². The number of halogens is 3. The van der Waals surface area contributed by atoms with E-state index in [0.717, 1.165) is 24.7 Å². The average Bonchev–Trinajstić information content (AvgIpc) is 3.41. The number of amides is 2. The van der Waals surface area contributed by atoms with E-state index in [-0.39, 0.29) is 24.1 Å². The number of nitrogens with zero attached hydrogens (tertiary/aromatic N) is 3. The van der Waals surface area contributed by atoms with Crippen LogP contribution in [0.2, 0.25) is 0 Å². The highest BCUT2D eigenvalue weighted by atomic mass is 19.4. The number of guanidine groups is 1. The van der Waals surface area contributed by atoms with Crippen LogP contribution in [0, 0.1) is 0 Å². The molecule has 4 rings (SSSR count). The number of ketones is 3. The molecular formula is C28H31F3N6O10. The van der Waals surface area contributed by atoms with Gasteiger partial charge in [-0.2, -0.15) is 13.2 Å². The Morgan fingerprint density at radius 3 is 2.21 bits per heavy atom. The minimum atomic E-state index is -5.61. The number of alkyl halides is 3. The van der Waals surface area contributed by atoms with Crippen molar-refractivity contribution in [3.8, 4) is 0 Å². The molecule has 16 nitrogen and oxygen atoms in total. The highest BCUT2D eigenvalue weighted by Gasteiger charge is 2.72. The highest BCUT2D eigenvalue weighted by Crippen LogP contribution is 2.46. The molecule has 1 aromatic carbocycles. The number of ether oxygens (including phenoxy) is 2. The first-order chi connectivity index (χ1) is 21.8. The van der Waals surface area contributed by atoms with Crippen LogP contribution in [0.4, 0.5) is 19.0 Å². The molecule has 2 aliphatic heterocycles. The SMILES string of the molecule is CC(=O)NC1=NC(OCc2ccccc2)c2ncn([C@@H]3O[C@H](C(O)C(C)=O)[C@](O)(C(C)=O)[C@@](O)(C(C)=O)[C@@H]3NC(=O)C(F)(F)F)c2N1. The molecule has 6 N–H and O–H groups in total. The van der Waals surface area contributed by atoms with Gasteiger partial charge in [0.05, 0.1) is 12.9 Å². The molecule has 2 aromatic rings. The Labute approximate surface area is 264 Å². The summed E-state index contributed by atoms with van der Waals surface area (Å²) in [5, 5.41) is 40.7. The number of Topliss-reactive ketones (excluding diaryl/α,β-unsaturated/α-hetero) is 3. The molecular weight excluding hydrogens is 637 g/mol. The number of anilines is 1. The summed E-state index contributed by atoms with van der Waals surface area (Å²) in [6.45, 7) is 3.16. The summed E-state index contributed by atoms with van der Waals surface area (Å²) in [6, 6.07) is 6.10. The van der Waals surface area contributed by atoms with Gasteiger partial charge in [0, 0.05) is 6.92 Å². The van der Waals surface area contributed by atoms with Crippen LogP contribution in [0.3, 0.4) is 0 Å². The summed E-state index contributed by atoms with van der Waals surface area (Å²) in [6.07, 6.45) is -13.1. The Morgan fingerprint density at radius 1 is 1.06 bits per heavy atom. The van der Waals surface area contributed by atoms with Gasteiger partial charge in [0.1, 0.15) is 29.8 Å². The fourth-order valence-electron chi connectivity index (χ4n) is 5.38. The minimum absolute atomic E-state index is 0.0402. The number of aliphatic imine (C=N–C) groups is 1. The van der Waals surface area contributed by atoms with Crippen LogP contribution in [-0.4, -0.2) is 95.6 Å². The molecule has 254 valence electrons. The summed E-state index contributed by atoms with van der Waals surface area (Å²) >= 11 is 0. The van der Waals surface area contributed by atoms with Crippen molar-refractivity contribution in [2.24, 2.45) is 4.99 Å². The average molecular weight is 669 g/mol. The van der Waals surface area contributed by atoms with Crippen molar-refractivity contribution in [1.82, 2.24) is 20.2 Å². The van der Waals surface area contributed by atoms with E-state index in [2.05, 4.69) is 20.6 Å². The van der Waals surface area contributed by atoms with Crippen molar-refractivity contribution >= 4 is 40.9 Å². The second kappa shape index (κ2) is 12.9. The largest absolute Gasteiger partial charge is 0.471 e. The standard InChI is InChI=1S/C28H31F3N6O10/c1-12(38)18(42)20-27(45,14(3)40)26(44,13(2)39)19(34-24(43)28(29,30)31)23(47-20)37-11-32-17-21(37)35-25(33-15(4)41)36-22(17)46-10-16-8-6-5-7-9-16/h5-9,11,18-20,22-23,42,44-45H,10H2,1-4H3,(H,34,43)(H2,33,35,36,41)/t18?,19-,20-,22?,23-,26-,27-/m1/s1. The Bertz CT molecular complexity index is 1620. The van der Waals surface area contributed by atoms with E-state index in [1.54, 1.807) is 30.3 Å². The minimum Gasteiger partial charge on any atom is -0.382 e. The number of carbonyl (C=O) groups is 5. The van der Waals surface area contributed by atoms with Gasteiger partial charge in [0.25, 0.3) is 0 Å². The van der Waals surface area contributed by atoms with Crippen molar-refractivity contribution < 1.29 is 61.9 Å². The number of aliphatic hydroxyl groups is 3. The van der Waals surface area contributed by atoms with E-state index in [0.29, 0.717) is 19.4 Å². The lowest BCUT2D eigenvalue weighted by molar-refractivity contribution is -0.292. The van der Waals surface area contributed by atoms with Crippen molar-refractivity contribution in [3.63, 3.8) is 0 Å². The number of aromatic nitrogens is 2. The zero-order chi connectivity index (χ0) is 35.1. The number of nitrogens with one attached hydrogen (secondary N) is 3. The third kappa shape index (κ3) is 6.39. The first-order valence-corrected chi connectivity index (χ1v) is 13.9. The predicted octanol–water partition coefficient (Wildman–Crippen LogP) is -0.449. The van der Waals surface area contributed by atoms with Gasteiger partial charge in [-0.05, 0) is 26.3 Å². The van der Waals surface area contributed by atoms with Crippen molar-refractivity contribution in [1.29, 1.82) is 0 Å². The summed E-state index contributed by atoms with van der Waals surface area (Å²) in [5.41, 5.74) is -6.61. The van der Waals surface area contributed by atoms with E-state index in [1.165, 1.54) is 5.32 Å². The number of imidazole rings is 1. The first kappa shape index (κ1) is 35.3. The normalized spacial score (nSPS) is 27.8. The highest BCUT2D eigenvalue weighted by molar-refractivity contribution is 6.04. The van der Waals surface area contributed by atoms with E-state index >= 15 is 0 Å². The number of hydrogen-bond donors (Lipinski definition) is 6. The maximum atomic E-state index is 13.6. The van der Waals surface area contributed by atoms with E-state index in [4.69, 9.17) is 9.47 Å². The Kier molecular flexibility index (Phi) is 9.70. The molecule has 0 spiro atoms. The van der Waals surface area contributed by atoms with Crippen LogP contribution in [0.25, 0.3) is 0 Å². The smallest absolute Gasteiger partial charge is 0.382 e. The van der Waals surface area contributed by atoms with Crippen molar-refractivity contribution in [2.45, 2.75) is 82.4 Å². The summed E-state index contributed by atoms with van der Waals surface area (Å²) in [7, 11) is 0. The van der Waals surface area contributed by atoms with Gasteiger partial charge in [-0.3, -0.25) is 33.9 Å². The monoisotopic (exact) mass is 668 g/mol. The number of aliphatic hydroxyl groups excluding tert-OH is 1. The Balaban J connectivity index is 1.92. The van der Waals surface area contributed by atoms with Gasteiger partial charge in [-0.1, -0.05) is 30.3 Å². The first-order valence-electron chi connectivity index (χ1n) is 13.9. The molecule has 2 amide bonds. The van der Waals surface area contributed by atoms with Gasteiger partial charge < -0.3 is 35.4 Å². The molecule has 0 bridgehead atoms. The van der Waals surface area contributed by atoms with Gasteiger partial charge in [-0.15, -0.1) is 0 Å². The summed E-state index contributed by atoms with van der Waals surface area (Å²) in [5.74, 6) is -7.96. The third-order valence-corrected chi connectivity index (χ3v) is 7.69. The van der Waals surface area contributed by atoms with E-state index in [9.17, 15) is 52.5 Å². The molecule has 0 aliphatic carbocycles. The van der Waals surface area contributed by atoms with Crippen LogP contribution in [-0.2, 0) is 40.1 Å². The molecule has 19 heteroatoms. The molecule has 1 saturated heterocycles. The molecule has 1 aromatic heterocycles. The number of rotatable bonds is 9. The molecule has 0 saturated carbocycles. The fourth-order valence-corrected chi connectivity index (χ4v) is 5.38. The molecule has 0 radical (unpaired) electrons. The molecule has 47 heavy (non-hydrogen) atoms. The zero-order valence-corrected chi connectivity index (χ0v) is 25.2. The lowest BCUT2D eigenvalue weighted by Gasteiger charge is -2.55.